The number of allylic oxidation sites excluding steroid dienone is 1. The van der Waals surface area contributed by atoms with Crippen LogP contribution in [0.15, 0.2) is 83.2 Å². The Hall–Kier alpha value is -4.11. The number of ether oxygens (including phenoxy) is 1. The van der Waals surface area contributed by atoms with Gasteiger partial charge in [0.1, 0.15) is 17.6 Å². The first-order valence-corrected chi connectivity index (χ1v) is 15.7. The Morgan fingerprint density at radius 3 is 2.58 bits per heavy atom. The van der Waals surface area contributed by atoms with Crippen LogP contribution in [-0.2, 0) is 10.5 Å². The number of nitrogens with one attached hydrogen (secondary N) is 2. The van der Waals surface area contributed by atoms with Crippen LogP contribution in [0.1, 0.15) is 67.8 Å². The van der Waals surface area contributed by atoms with Gasteiger partial charge in [-0.1, -0.05) is 86.0 Å². The molecule has 0 fully saturated rings. The van der Waals surface area contributed by atoms with Gasteiger partial charge < -0.3 is 15.4 Å². The lowest BCUT2D eigenvalue weighted by Gasteiger charge is -2.29. The molecule has 2 N–H and O–H groups in total. The number of nitrogens with zero attached hydrogens (tertiary/aromatic N) is 3. The number of halogens is 1. The zero-order valence-electron chi connectivity index (χ0n) is 25.1. The predicted octanol–water partition coefficient (Wildman–Crippen LogP) is 8.21. The normalized spacial score (nSPS) is 14.3. The van der Waals surface area contributed by atoms with Crippen molar-refractivity contribution >= 4 is 29.3 Å². The summed E-state index contributed by atoms with van der Waals surface area (Å²) in [5.74, 6) is 1.22. The highest BCUT2D eigenvalue weighted by atomic mass is 32.2. The number of rotatable bonds is 12. The van der Waals surface area contributed by atoms with Crippen molar-refractivity contribution in [2.24, 2.45) is 0 Å². The van der Waals surface area contributed by atoms with Gasteiger partial charge in [-0.25, -0.2) is 9.07 Å². The lowest BCUT2D eigenvalue weighted by atomic mass is 9.94. The Balaban J connectivity index is 1.43. The van der Waals surface area contributed by atoms with E-state index in [1.807, 2.05) is 69.3 Å². The maximum absolute atomic E-state index is 14.3. The summed E-state index contributed by atoms with van der Waals surface area (Å²) in [6.45, 7) is 8.75. The molecule has 0 bridgehead atoms. The van der Waals surface area contributed by atoms with Crippen LogP contribution in [-0.4, -0.2) is 27.3 Å². The first kappa shape index (κ1) is 30.4. The molecule has 0 saturated heterocycles. The van der Waals surface area contributed by atoms with Gasteiger partial charge in [0.05, 0.1) is 12.2 Å². The molecule has 1 atom stereocenters. The largest absolute Gasteiger partial charge is 0.494 e. The summed E-state index contributed by atoms with van der Waals surface area (Å²) >= 11 is 1.35. The smallest absolute Gasteiger partial charge is 0.255 e. The van der Waals surface area contributed by atoms with Crippen LogP contribution >= 0.6 is 11.8 Å². The van der Waals surface area contributed by atoms with Gasteiger partial charge in [-0.05, 0) is 68.1 Å². The Kier molecular flexibility index (Phi) is 9.82. The molecule has 224 valence electrons. The molecule has 0 saturated carbocycles. The number of benzene rings is 3. The van der Waals surface area contributed by atoms with E-state index in [9.17, 15) is 9.18 Å². The standard InChI is InChI=1S/C34H38FN5O2S/c1-5-6-7-10-19-42-27-16-14-25(15-17-27)31-30(32(41)37-29-18-13-22(2)20-23(29)3)24(4)36-33-38-34(39-40(31)33)43-21-26-11-8-9-12-28(26)35/h8-9,11-18,20,31H,5-7,10,19,21H2,1-4H3,(H,37,41)(H,36,38,39). The minimum absolute atomic E-state index is 0.222. The van der Waals surface area contributed by atoms with Crippen molar-refractivity contribution < 1.29 is 13.9 Å². The van der Waals surface area contributed by atoms with Crippen LogP contribution in [0.4, 0.5) is 16.0 Å². The molecule has 1 aliphatic rings. The Bertz CT molecular complexity index is 1620. The molecule has 0 radical (unpaired) electrons. The summed E-state index contributed by atoms with van der Waals surface area (Å²) in [5, 5.41) is 11.7. The Labute approximate surface area is 257 Å². The molecule has 2 heterocycles. The number of amides is 1. The van der Waals surface area contributed by atoms with Gasteiger partial charge >= 0.3 is 0 Å². The first-order valence-electron chi connectivity index (χ1n) is 14.8. The molecule has 4 aromatic rings. The van der Waals surface area contributed by atoms with Crippen molar-refractivity contribution in [3.8, 4) is 5.75 Å². The monoisotopic (exact) mass is 599 g/mol. The number of hydrogen-bond donors (Lipinski definition) is 2. The lowest BCUT2D eigenvalue weighted by molar-refractivity contribution is -0.113. The molecule has 3 aromatic carbocycles. The fourth-order valence-corrected chi connectivity index (χ4v) is 5.98. The highest BCUT2D eigenvalue weighted by Gasteiger charge is 2.34. The minimum atomic E-state index is -0.532. The number of unbranched alkanes of at least 4 members (excludes halogenated alkanes) is 3. The van der Waals surface area contributed by atoms with Gasteiger partial charge in [-0.2, -0.15) is 4.98 Å². The van der Waals surface area contributed by atoms with Crippen LogP contribution < -0.4 is 15.4 Å². The third-order valence-corrected chi connectivity index (χ3v) is 8.37. The average molecular weight is 600 g/mol. The molecule has 1 amide bonds. The van der Waals surface area contributed by atoms with E-state index in [-0.39, 0.29) is 11.7 Å². The molecule has 9 heteroatoms. The van der Waals surface area contributed by atoms with Crippen LogP contribution in [0.3, 0.4) is 0 Å². The maximum Gasteiger partial charge on any atom is 0.255 e. The van der Waals surface area contributed by atoms with E-state index in [1.54, 1.807) is 16.8 Å². The number of thioether (sulfide) groups is 1. The summed E-state index contributed by atoms with van der Waals surface area (Å²) < 4.78 is 22.0. The maximum atomic E-state index is 14.3. The molecular formula is C34H38FN5O2S. The van der Waals surface area contributed by atoms with Crippen molar-refractivity contribution in [3.05, 3.63) is 106 Å². The zero-order chi connectivity index (χ0) is 30.3. The Morgan fingerprint density at radius 1 is 1.05 bits per heavy atom. The first-order chi connectivity index (χ1) is 20.8. The summed E-state index contributed by atoms with van der Waals surface area (Å²) in [5.41, 5.74) is 5.56. The van der Waals surface area contributed by atoms with Crippen LogP contribution in [0.2, 0.25) is 0 Å². The van der Waals surface area contributed by atoms with Gasteiger partial charge in [0.25, 0.3) is 5.91 Å². The fourth-order valence-electron chi connectivity index (χ4n) is 5.16. The number of carbonyl (C=O) groups is 1. The molecular weight excluding hydrogens is 561 g/mol. The minimum Gasteiger partial charge on any atom is -0.494 e. The molecule has 7 nitrogen and oxygen atoms in total. The SMILES string of the molecule is CCCCCCOc1ccc(C2C(C(=O)Nc3ccc(C)cc3C)=C(C)Nc3nc(SCc4ccccc4F)nn32)cc1. The van der Waals surface area contributed by atoms with Gasteiger partial charge in [-0.15, -0.1) is 5.10 Å². The molecule has 0 spiro atoms. The second-order valence-electron chi connectivity index (χ2n) is 10.9. The van der Waals surface area contributed by atoms with E-state index < -0.39 is 6.04 Å². The summed E-state index contributed by atoms with van der Waals surface area (Å²) in [4.78, 5) is 18.6. The Morgan fingerprint density at radius 2 is 1.84 bits per heavy atom. The van der Waals surface area contributed by atoms with Crippen molar-refractivity contribution in [3.63, 3.8) is 0 Å². The quantitative estimate of drug-likeness (QED) is 0.126. The summed E-state index contributed by atoms with van der Waals surface area (Å²) in [7, 11) is 0. The summed E-state index contributed by atoms with van der Waals surface area (Å²) in [6, 6.07) is 20.0. The van der Waals surface area contributed by atoms with Gasteiger partial charge in [-0.3, -0.25) is 4.79 Å². The number of fused-ring (bicyclic) bond motifs is 1. The highest BCUT2D eigenvalue weighted by molar-refractivity contribution is 7.98. The molecule has 1 aromatic heterocycles. The topological polar surface area (TPSA) is 81.1 Å². The summed E-state index contributed by atoms with van der Waals surface area (Å²) in [6.07, 6.45) is 4.56. The molecule has 0 aliphatic carbocycles. The van der Waals surface area contributed by atoms with E-state index >= 15 is 0 Å². The second-order valence-corrected chi connectivity index (χ2v) is 11.8. The van der Waals surface area contributed by atoms with Crippen molar-refractivity contribution in [1.82, 2.24) is 14.8 Å². The number of aryl methyl sites for hydroxylation is 2. The van der Waals surface area contributed by atoms with Crippen molar-refractivity contribution in [2.45, 2.75) is 70.3 Å². The molecule has 1 unspecified atom stereocenters. The molecule has 43 heavy (non-hydrogen) atoms. The van der Waals surface area contributed by atoms with E-state index in [2.05, 4.69) is 17.6 Å². The lowest BCUT2D eigenvalue weighted by Crippen LogP contribution is -2.31. The van der Waals surface area contributed by atoms with Gasteiger partial charge in [0, 0.05) is 17.1 Å². The van der Waals surface area contributed by atoms with Gasteiger partial charge in [0.15, 0.2) is 0 Å². The van der Waals surface area contributed by atoms with Crippen LogP contribution in [0, 0.1) is 19.7 Å². The third-order valence-electron chi connectivity index (χ3n) is 7.48. The third kappa shape index (κ3) is 7.28. The van der Waals surface area contributed by atoms with Crippen molar-refractivity contribution in [1.29, 1.82) is 0 Å². The number of anilines is 2. The van der Waals surface area contributed by atoms with Gasteiger partial charge in [0.2, 0.25) is 11.1 Å². The number of aromatic nitrogens is 3. The second kappa shape index (κ2) is 13.9. The molecule has 1 aliphatic heterocycles. The number of hydrogen-bond acceptors (Lipinski definition) is 6. The van der Waals surface area contributed by atoms with E-state index in [0.717, 1.165) is 41.0 Å². The van der Waals surface area contributed by atoms with E-state index in [0.29, 0.717) is 40.3 Å². The fraction of sp³-hybridized carbons (Fsp3) is 0.324. The van der Waals surface area contributed by atoms with Crippen LogP contribution in [0.5, 0.6) is 5.75 Å². The zero-order valence-corrected chi connectivity index (χ0v) is 25.9. The highest BCUT2D eigenvalue weighted by Crippen LogP contribution is 2.38. The van der Waals surface area contributed by atoms with E-state index in [1.165, 1.54) is 30.7 Å². The van der Waals surface area contributed by atoms with Crippen LogP contribution in [0.25, 0.3) is 0 Å². The van der Waals surface area contributed by atoms with E-state index in [4.69, 9.17) is 14.8 Å². The predicted molar refractivity (Wildman–Crippen MR) is 171 cm³/mol. The molecule has 5 rings (SSSR count). The van der Waals surface area contributed by atoms with Crippen molar-refractivity contribution in [2.75, 3.05) is 17.2 Å². The average Bonchev–Trinajstić information content (AvgIpc) is 3.40. The number of carbonyl (C=O) groups excluding carboxylic acids is 1.